The van der Waals surface area contributed by atoms with Crippen molar-refractivity contribution in [2.24, 2.45) is 5.73 Å². The van der Waals surface area contributed by atoms with Crippen LogP contribution in [0.5, 0.6) is 0 Å². The van der Waals surface area contributed by atoms with Crippen LogP contribution in [0.25, 0.3) is 11.3 Å². The van der Waals surface area contributed by atoms with Gasteiger partial charge in [-0.25, -0.2) is 4.98 Å². The van der Waals surface area contributed by atoms with Gasteiger partial charge in [-0.1, -0.05) is 48.5 Å². The van der Waals surface area contributed by atoms with E-state index in [-0.39, 0.29) is 16.9 Å². The van der Waals surface area contributed by atoms with Gasteiger partial charge in [-0.15, -0.1) is 0 Å². The molecule has 0 aliphatic carbocycles. The van der Waals surface area contributed by atoms with Crippen molar-refractivity contribution in [2.45, 2.75) is 6.54 Å². The third-order valence-electron chi connectivity index (χ3n) is 5.58. The van der Waals surface area contributed by atoms with E-state index >= 15 is 0 Å². The Balaban J connectivity index is 1.34. The van der Waals surface area contributed by atoms with Crippen LogP contribution in [0.15, 0.2) is 88.6 Å². The van der Waals surface area contributed by atoms with Crippen molar-refractivity contribution in [1.29, 1.82) is 0 Å². The summed E-state index contributed by atoms with van der Waals surface area (Å²) in [6, 6.07) is 21.8. The molecule has 0 saturated heterocycles. The summed E-state index contributed by atoms with van der Waals surface area (Å²) in [6.07, 6.45) is 1.62. The highest BCUT2D eigenvalue weighted by molar-refractivity contribution is 6.04. The minimum atomic E-state index is -0.655. The molecule has 0 saturated carbocycles. The largest absolute Gasteiger partial charge is 0.376 e. The number of hydrogen-bond donors (Lipinski definition) is 5. The van der Waals surface area contributed by atoms with Crippen molar-refractivity contribution >= 4 is 34.6 Å². The Kier molecular flexibility index (Phi) is 5.98. The number of pyridine rings is 1. The molecule has 0 bridgehead atoms. The first-order valence-corrected chi connectivity index (χ1v) is 11.1. The smallest absolute Gasteiger partial charge is 0.254 e. The molecule has 178 valence electrons. The zero-order chi connectivity index (χ0) is 25.1. The Morgan fingerprint density at radius 3 is 2.28 bits per heavy atom. The van der Waals surface area contributed by atoms with Gasteiger partial charge in [-0.3, -0.25) is 19.5 Å². The number of rotatable bonds is 9. The number of aromatic amines is 1. The minimum Gasteiger partial charge on any atom is -0.376 e. The van der Waals surface area contributed by atoms with Gasteiger partial charge >= 0.3 is 0 Å². The molecule has 10 heteroatoms. The van der Waals surface area contributed by atoms with Gasteiger partial charge in [0.2, 0.25) is 0 Å². The molecule has 0 atom stereocenters. The molecule has 0 unspecified atom stereocenters. The number of H-pyrrole nitrogens is 1. The fraction of sp³-hybridized carbons (Fsp3) is 0.0385. The molecule has 3 aromatic carbocycles. The van der Waals surface area contributed by atoms with E-state index in [9.17, 15) is 14.4 Å². The zero-order valence-electron chi connectivity index (χ0n) is 18.9. The number of nitrogens with two attached hydrogens (primary N) is 1. The van der Waals surface area contributed by atoms with Crippen LogP contribution in [-0.2, 0) is 6.54 Å². The predicted molar refractivity (Wildman–Crippen MR) is 138 cm³/mol. The van der Waals surface area contributed by atoms with Crippen LogP contribution in [0, 0.1) is 0 Å². The first kappa shape index (κ1) is 22.5. The Morgan fingerprint density at radius 1 is 0.861 bits per heavy atom. The maximum Gasteiger partial charge on any atom is 0.254 e. The first-order valence-electron chi connectivity index (χ1n) is 11.1. The topological polar surface area (TPSA) is 155 Å². The lowest BCUT2D eigenvalue weighted by Gasteiger charge is -2.15. The summed E-state index contributed by atoms with van der Waals surface area (Å²) in [5.74, 6) is 0.202. The van der Waals surface area contributed by atoms with Gasteiger partial charge in [0.25, 0.3) is 16.8 Å². The van der Waals surface area contributed by atoms with Crippen molar-refractivity contribution in [3.05, 3.63) is 111 Å². The van der Waals surface area contributed by atoms with Gasteiger partial charge in [0.05, 0.1) is 0 Å². The maximum atomic E-state index is 12.2. The van der Waals surface area contributed by atoms with E-state index in [1.165, 1.54) is 0 Å². The van der Waals surface area contributed by atoms with Crippen LogP contribution in [-0.4, -0.2) is 21.1 Å². The molecule has 5 rings (SSSR count). The molecular weight excluding hydrogens is 458 g/mol. The summed E-state index contributed by atoms with van der Waals surface area (Å²) >= 11 is 0. The molecule has 0 fully saturated rings. The fourth-order valence-electron chi connectivity index (χ4n) is 3.77. The highest BCUT2D eigenvalue weighted by atomic mass is 16.2. The fourth-order valence-corrected chi connectivity index (χ4v) is 3.77. The summed E-state index contributed by atoms with van der Waals surface area (Å²) < 4.78 is 0. The second kappa shape index (κ2) is 9.55. The van der Waals surface area contributed by atoms with Gasteiger partial charge in [-0.05, 0) is 29.8 Å². The lowest BCUT2D eigenvalue weighted by atomic mass is 10.1. The predicted octanol–water partition coefficient (Wildman–Crippen LogP) is 3.27. The van der Waals surface area contributed by atoms with E-state index in [0.29, 0.717) is 35.1 Å². The van der Waals surface area contributed by atoms with E-state index in [1.54, 1.807) is 48.7 Å². The van der Waals surface area contributed by atoms with E-state index in [2.05, 4.69) is 31.1 Å². The van der Waals surface area contributed by atoms with E-state index in [1.807, 2.05) is 30.3 Å². The van der Waals surface area contributed by atoms with E-state index in [4.69, 9.17) is 5.73 Å². The number of carbonyl (C=O) groups excluding carboxylic acids is 1. The van der Waals surface area contributed by atoms with Gasteiger partial charge in [-0.2, -0.15) is 5.10 Å². The second-order valence-corrected chi connectivity index (χ2v) is 7.98. The first-order chi connectivity index (χ1) is 17.5. The number of aromatic nitrogens is 3. The average molecular weight is 480 g/mol. The van der Waals surface area contributed by atoms with Gasteiger partial charge < -0.3 is 21.7 Å². The van der Waals surface area contributed by atoms with Crippen molar-refractivity contribution < 1.29 is 4.79 Å². The number of benzene rings is 2. The second-order valence-electron chi connectivity index (χ2n) is 7.98. The summed E-state index contributed by atoms with van der Waals surface area (Å²) in [4.78, 5) is 40.6. The monoisotopic (exact) mass is 479 g/mol. The van der Waals surface area contributed by atoms with Crippen LogP contribution in [0.3, 0.4) is 0 Å². The molecule has 0 radical (unpaired) electrons. The molecule has 2 heterocycles. The van der Waals surface area contributed by atoms with Gasteiger partial charge in [0, 0.05) is 24.0 Å². The average Bonchev–Trinajstić information content (AvgIpc) is 3.33. The lowest BCUT2D eigenvalue weighted by molar-refractivity contribution is 0.100. The summed E-state index contributed by atoms with van der Waals surface area (Å²) in [5, 5.41) is 16.1. The molecule has 0 spiro atoms. The Bertz CT molecular complexity index is 1590. The molecule has 0 aliphatic rings. The highest BCUT2D eigenvalue weighted by Crippen LogP contribution is 2.30. The molecule has 36 heavy (non-hydrogen) atoms. The summed E-state index contributed by atoms with van der Waals surface area (Å²) in [6.45, 7) is 0.420. The third-order valence-corrected chi connectivity index (χ3v) is 5.58. The van der Waals surface area contributed by atoms with Crippen molar-refractivity contribution in [2.75, 3.05) is 16.0 Å². The van der Waals surface area contributed by atoms with Gasteiger partial charge in [0.15, 0.2) is 0 Å². The van der Waals surface area contributed by atoms with Crippen LogP contribution in [0.4, 0.5) is 28.7 Å². The van der Waals surface area contributed by atoms with Crippen LogP contribution < -0.4 is 32.5 Å². The summed E-state index contributed by atoms with van der Waals surface area (Å²) in [5.41, 5.74) is 7.73. The minimum absolute atomic E-state index is 0.191. The Hall–Kier alpha value is -5.25. The maximum absolute atomic E-state index is 12.2. The SMILES string of the molecule is NC(=O)c1c(-c2ccc(Nc3c(NCc4ccccc4)c(=O)c3=O)cc2)n[nH]c1Nc1ccccn1. The van der Waals surface area contributed by atoms with Crippen LogP contribution in [0.2, 0.25) is 0 Å². The normalized spacial score (nSPS) is 10.8. The van der Waals surface area contributed by atoms with Crippen LogP contribution in [0.1, 0.15) is 15.9 Å². The Labute approximate surface area is 204 Å². The van der Waals surface area contributed by atoms with Crippen molar-refractivity contribution in [1.82, 2.24) is 15.2 Å². The number of nitrogens with zero attached hydrogens (tertiary/aromatic N) is 2. The number of nitrogens with one attached hydrogen (secondary N) is 4. The molecule has 5 aromatic rings. The summed E-state index contributed by atoms with van der Waals surface area (Å²) in [7, 11) is 0. The molecular formula is C26H21N7O3. The molecule has 2 aromatic heterocycles. The quantitative estimate of drug-likeness (QED) is 0.202. The third kappa shape index (κ3) is 4.42. The number of primary amides is 1. The standard InChI is InChI=1S/C26H21N7O3/c27-25(36)19-20(32-33-26(19)31-18-8-4-5-13-28-18)16-9-11-17(12-10-16)30-22-21(23(34)24(22)35)29-14-15-6-2-1-3-7-15/h1-13,29-30H,14H2,(H2,27,36)(H2,28,31,32,33). The van der Waals surface area contributed by atoms with E-state index in [0.717, 1.165) is 5.56 Å². The Morgan fingerprint density at radius 2 is 1.58 bits per heavy atom. The van der Waals surface area contributed by atoms with Crippen molar-refractivity contribution in [3.63, 3.8) is 0 Å². The lowest BCUT2D eigenvalue weighted by Crippen LogP contribution is -2.36. The number of hydrogen-bond acceptors (Lipinski definition) is 8. The molecule has 6 N–H and O–H groups in total. The van der Waals surface area contributed by atoms with Crippen molar-refractivity contribution in [3.8, 4) is 11.3 Å². The highest BCUT2D eigenvalue weighted by Gasteiger charge is 2.22. The van der Waals surface area contributed by atoms with Crippen LogP contribution >= 0.6 is 0 Å². The molecule has 0 aliphatic heterocycles. The zero-order valence-corrected chi connectivity index (χ0v) is 18.9. The van der Waals surface area contributed by atoms with Gasteiger partial charge in [0.1, 0.15) is 34.3 Å². The molecule has 1 amide bonds. The number of anilines is 5. The number of amides is 1. The van der Waals surface area contributed by atoms with E-state index < -0.39 is 16.8 Å². The number of carbonyl (C=O) groups is 1. The molecule has 10 nitrogen and oxygen atoms in total.